The Kier molecular flexibility index (Phi) is 5.56. The van der Waals surface area contributed by atoms with E-state index >= 15 is 0 Å². The molecule has 110 valence electrons. The standard InChI is InChI=1S/C16H24N2O2/c1-13(12-16(19)20)15-4-2-14(3-5-15)6-9-18-10-7-17-8-11-18/h2-5,13,17H,6-12H2,1H3,(H,19,20). The van der Waals surface area contributed by atoms with Crippen LogP contribution in [0.25, 0.3) is 0 Å². The minimum atomic E-state index is -0.736. The fourth-order valence-corrected chi connectivity index (χ4v) is 2.61. The predicted molar refractivity (Wildman–Crippen MR) is 80.1 cm³/mol. The van der Waals surface area contributed by atoms with Crippen molar-refractivity contribution in [1.29, 1.82) is 0 Å². The van der Waals surface area contributed by atoms with Crippen LogP contribution in [0.3, 0.4) is 0 Å². The Bertz CT molecular complexity index is 425. The van der Waals surface area contributed by atoms with Gasteiger partial charge in [0.15, 0.2) is 0 Å². The summed E-state index contributed by atoms with van der Waals surface area (Å²) in [5, 5.41) is 12.2. The average Bonchev–Trinajstić information content (AvgIpc) is 2.46. The summed E-state index contributed by atoms with van der Waals surface area (Å²) in [6, 6.07) is 8.41. The number of hydrogen-bond donors (Lipinski definition) is 2. The van der Waals surface area contributed by atoms with Gasteiger partial charge in [-0.1, -0.05) is 31.2 Å². The van der Waals surface area contributed by atoms with Gasteiger partial charge in [-0.3, -0.25) is 4.79 Å². The fraction of sp³-hybridized carbons (Fsp3) is 0.562. The Labute approximate surface area is 120 Å². The van der Waals surface area contributed by atoms with Crippen LogP contribution in [-0.4, -0.2) is 48.7 Å². The van der Waals surface area contributed by atoms with E-state index in [4.69, 9.17) is 5.11 Å². The lowest BCUT2D eigenvalue weighted by Crippen LogP contribution is -2.44. The highest BCUT2D eigenvalue weighted by molar-refractivity contribution is 5.67. The molecule has 20 heavy (non-hydrogen) atoms. The predicted octanol–water partition coefficient (Wildman–Crippen LogP) is 1.71. The summed E-state index contributed by atoms with van der Waals surface area (Å²) in [6.07, 6.45) is 1.26. The number of aliphatic carboxylic acids is 1. The maximum atomic E-state index is 10.7. The summed E-state index contributed by atoms with van der Waals surface area (Å²) < 4.78 is 0. The van der Waals surface area contributed by atoms with Crippen molar-refractivity contribution in [2.24, 2.45) is 0 Å². The smallest absolute Gasteiger partial charge is 0.303 e. The van der Waals surface area contributed by atoms with Crippen LogP contribution < -0.4 is 5.32 Å². The van der Waals surface area contributed by atoms with Gasteiger partial charge in [0.05, 0.1) is 6.42 Å². The number of carboxylic acids is 1. The van der Waals surface area contributed by atoms with Crippen LogP contribution in [0.15, 0.2) is 24.3 Å². The van der Waals surface area contributed by atoms with E-state index in [1.807, 2.05) is 6.92 Å². The Morgan fingerprint density at radius 2 is 1.95 bits per heavy atom. The molecule has 1 aromatic carbocycles. The maximum Gasteiger partial charge on any atom is 0.303 e. The summed E-state index contributed by atoms with van der Waals surface area (Å²) >= 11 is 0. The summed E-state index contributed by atoms with van der Waals surface area (Å²) in [4.78, 5) is 13.2. The molecule has 1 atom stereocenters. The lowest BCUT2D eigenvalue weighted by molar-refractivity contribution is -0.137. The molecule has 0 radical (unpaired) electrons. The zero-order chi connectivity index (χ0) is 14.4. The highest BCUT2D eigenvalue weighted by Gasteiger charge is 2.11. The number of hydrogen-bond acceptors (Lipinski definition) is 3. The SMILES string of the molecule is CC(CC(=O)O)c1ccc(CCN2CCNCC2)cc1. The molecule has 4 nitrogen and oxygen atoms in total. The highest BCUT2D eigenvalue weighted by atomic mass is 16.4. The second-order valence-corrected chi connectivity index (χ2v) is 5.58. The molecule has 0 saturated carbocycles. The number of nitrogens with zero attached hydrogens (tertiary/aromatic N) is 1. The summed E-state index contributed by atoms with van der Waals surface area (Å²) in [6.45, 7) is 7.51. The van der Waals surface area contributed by atoms with E-state index in [0.717, 1.165) is 44.7 Å². The third-order valence-electron chi connectivity index (χ3n) is 3.96. The van der Waals surface area contributed by atoms with Gasteiger partial charge in [-0.25, -0.2) is 0 Å². The first-order valence-corrected chi connectivity index (χ1v) is 7.39. The summed E-state index contributed by atoms with van der Waals surface area (Å²) in [5.74, 6) is -0.657. The van der Waals surface area contributed by atoms with E-state index in [-0.39, 0.29) is 12.3 Å². The molecule has 0 bridgehead atoms. The van der Waals surface area contributed by atoms with Crippen LogP contribution >= 0.6 is 0 Å². The van der Waals surface area contributed by atoms with Crippen molar-refractivity contribution >= 4 is 5.97 Å². The minimum Gasteiger partial charge on any atom is -0.481 e. The van der Waals surface area contributed by atoms with Crippen LogP contribution in [0.1, 0.15) is 30.4 Å². The van der Waals surface area contributed by atoms with E-state index in [1.54, 1.807) is 0 Å². The second kappa shape index (κ2) is 7.41. The molecule has 1 aliphatic heterocycles. The second-order valence-electron chi connectivity index (χ2n) is 5.58. The van der Waals surface area contributed by atoms with Crippen molar-refractivity contribution in [3.8, 4) is 0 Å². The molecule has 0 aliphatic carbocycles. The van der Waals surface area contributed by atoms with Gasteiger partial charge in [0, 0.05) is 32.7 Å². The van der Waals surface area contributed by atoms with E-state index < -0.39 is 5.97 Å². The summed E-state index contributed by atoms with van der Waals surface area (Å²) in [5.41, 5.74) is 2.44. The van der Waals surface area contributed by atoms with Gasteiger partial charge in [-0.05, 0) is 23.5 Å². The lowest BCUT2D eigenvalue weighted by Gasteiger charge is -2.27. The van der Waals surface area contributed by atoms with Crippen LogP contribution in [-0.2, 0) is 11.2 Å². The Balaban J connectivity index is 1.83. The van der Waals surface area contributed by atoms with Gasteiger partial charge in [0.1, 0.15) is 0 Å². The molecule has 0 aromatic heterocycles. The number of benzene rings is 1. The number of nitrogens with one attached hydrogen (secondary N) is 1. The van der Waals surface area contributed by atoms with E-state index in [0.29, 0.717) is 0 Å². The minimum absolute atomic E-state index is 0.0784. The Morgan fingerprint density at radius 3 is 2.55 bits per heavy atom. The molecule has 0 amide bonds. The molecule has 1 aromatic rings. The van der Waals surface area contributed by atoms with Crippen molar-refractivity contribution in [3.05, 3.63) is 35.4 Å². The third-order valence-corrected chi connectivity index (χ3v) is 3.96. The van der Waals surface area contributed by atoms with Crippen LogP contribution in [0.5, 0.6) is 0 Å². The van der Waals surface area contributed by atoms with Crippen molar-refractivity contribution in [1.82, 2.24) is 10.2 Å². The van der Waals surface area contributed by atoms with Crippen LogP contribution in [0.2, 0.25) is 0 Å². The normalized spacial score (nSPS) is 17.9. The molecule has 2 N–H and O–H groups in total. The van der Waals surface area contributed by atoms with Gasteiger partial charge < -0.3 is 15.3 Å². The Hall–Kier alpha value is -1.39. The monoisotopic (exact) mass is 276 g/mol. The van der Waals surface area contributed by atoms with E-state index in [9.17, 15) is 4.79 Å². The lowest BCUT2D eigenvalue weighted by atomic mass is 9.96. The largest absolute Gasteiger partial charge is 0.481 e. The zero-order valence-electron chi connectivity index (χ0n) is 12.1. The van der Waals surface area contributed by atoms with Crippen molar-refractivity contribution in [2.45, 2.75) is 25.7 Å². The molecule has 1 aliphatic rings. The first-order chi connectivity index (χ1) is 9.65. The summed E-state index contributed by atoms with van der Waals surface area (Å²) in [7, 11) is 0. The first kappa shape index (κ1) is 15.0. The topological polar surface area (TPSA) is 52.6 Å². The molecule has 1 unspecified atom stereocenters. The van der Waals surface area contributed by atoms with Gasteiger partial charge in [0.25, 0.3) is 0 Å². The quantitative estimate of drug-likeness (QED) is 0.830. The Morgan fingerprint density at radius 1 is 1.30 bits per heavy atom. The van der Waals surface area contributed by atoms with E-state index in [2.05, 4.69) is 34.5 Å². The number of carboxylic acid groups (broad SMARTS) is 1. The van der Waals surface area contributed by atoms with Gasteiger partial charge in [0.2, 0.25) is 0 Å². The van der Waals surface area contributed by atoms with Gasteiger partial charge in [-0.15, -0.1) is 0 Å². The van der Waals surface area contributed by atoms with E-state index in [1.165, 1.54) is 5.56 Å². The molecular formula is C16H24N2O2. The fourth-order valence-electron chi connectivity index (χ4n) is 2.61. The zero-order valence-corrected chi connectivity index (χ0v) is 12.1. The molecule has 1 fully saturated rings. The molecule has 2 rings (SSSR count). The van der Waals surface area contributed by atoms with Gasteiger partial charge in [-0.2, -0.15) is 0 Å². The number of rotatable bonds is 6. The van der Waals surface area contributed by atoms with Crippen LogP contribution in [0, 0.1) is 0 Å². The first-order valence-electron chi connectivity index (χ1n) is 7.39. The van der Waals surface area contributed by atoms with Crippen molar-refractivity contribution in [2.75, 3.05) is 32.7 Å². The third kappa shape index (κ3) is 4.62. The van der Waals surface area contributed by atoms with Crippen LogP contribution in [0.4, 0.5) is 0 Å². The van der Waals surface area contributed by atoms with Gasteiger partial charge >= 0.3 is 5.97 Å². The number of piperazine rings is 1. The van der Waals surface area contributed by atoms with Crippen molar-refractivity contribution < 1.29 is 9.90 Å². The highest BCUT2D eigenvalue weighted by Crippen LogP contribution is 2.19. The molecular weight excluding hydrogens is 252 g/mol. The maximum absolute atomic E-state index is 10.7. The molecule has 1 heterocycles. The molecule has 1 saturated heterocycles. The van der Waals surface area contributed by atoms with Crippen molar-refractivity contribution in [3.63, 3.8) is 0 Å². The molecule has 4 heteroatoms. The number of carbonyl (C=O) groups is 1. The average molecular weight is 276 g/mol. The molecule has 0 spiro atoms.